The van der Waals surface area contributed by atoms with Crippen LogP contribution >= 0.6 is 0 Å². The largest absolute Gasteiger partial charge is 0.339 e. The maximum Gasteiger partial charge on any atom is 0.178 e. The van der Waals surface area contributed by atoms with Gasteiger partial charge in [-0.25, -0.2) is 9.97 Å². The van der Waals surface area contributed by atoms with E-state index in [0.29, 0.717) is 6.54 Å². The molecule has 80 valence electrons. The standard InChI is InChI=1S/C11H11N5/c1-8-3-5-12-11-10(8)14-9(15-11)7-16-6-2-4-13-16/h2-6H,7H2,1H3,(H,12,14,15). The van der Waals surface area contributed by atoms with Crippen LogP contribution in [0.1, 0.15) is 11.4 Å². The summed E-state index contributed by atoms with van der Waals surface area (Å²) >= 11 is 0. The monoisotopic (exact) mass is 213 g/mol. The molecule has 0 saturated carbocycles. The molecule has 1 N–H and O–H groups in total. The highest BCUT2D eigenvalue weighted by Gasteiger charge is 2.05. The predicted molar refractivity (Wildman–Crippen MR) is 60.0 cm³/mol. The lowest BCUT2D eigenvalue weighted by Gasteiger charge is -1.95. The molecule has 3 rings (SSSR count). The molecule has 16 heavy (non-hydrogen) atoms. The van der Waals surface area contributed by atoms with Crippen molar-refractivity contribution in [1.29, 1.82) is 0 Å². The van der Waals surface area contributed by atoms with Crippen molar-refractivity contribution in [3.63, 3.8) is 0 Å². The molecule has 3 aromatic rings. The highest BCUT2D eigenvalue weighted by Crippen LogP contribution is 2.13. The minimum Gasteiger partial charge on any atom is -0.339 e. The fourth-order valence-corrected chi connectivity index (χ4v) is 1.71. The Morgan fingerprint density at radius 2 is 2.31 bits per heavy atom. The first-order valence-electron chi connectivity index (χ1n) is 5.10. The zero-order valence-corrected chi connectivity index (χ0v) is 8.88. The van der Waals surface area contributed by atoms with E-state index < -0.39 is 0 Å². The number of aryl methyl sites for hydroxylation is 1. The first-order valence-corrected chi connectivity index (χ1v) is 5.10. The second-order valence-corrected chi connectivity index (χ2v) is 3.71. The Balaban J connectivity index is 2.02. The van der Waals surface area contributed by atoms with Gasteiger partial charge in [-0.05, 0) is 24.6 Å². The van der Waals surface area contributed by atoms with Gasteiger partial charge in [-0.2, -0.15) is 5.10 Å². The fourth-order valence-electron chi connectivity index (χ4n) is 1.71. The third-order valence-electron chi connectivity index (χ3n) is 2.52. The Hall–Kier alpha value is -2.17. The van der Waals surface area contributed by atoms with Crippen LogP contribution in [0.5, 0.6) is 0 Å². The van der Waals surface area contributed by atoms with Gasteiger partial charge in [0.2, 0.25) is 0 Å². The highest BCUT2D eigenvalue weighted by molar-refractivity contribution is 5.74. The van der Waals surface area contributed by atoms with E-state index in [-0.39, 0.29) is 0 Å². The number of pyridine rings is 1. The zero-order chi connectivity index (χ0) is 11.0. The summed E-state index contributed by atoms with van der Waals surface area (Å²) in [6.07, 6.45) is 5.44. The van der Waals surface area contributed by atoms with Crippen molar-refractivity contribution in [3.05, 3.63) is 42.1 Å². The maximum absolute atomic E-state index is 4.42. The predicted octanol–water partition coefficient (Wildman–Crippen LogP) is 1.51. The number of H-pyrrole nitrogens is 1. The lowest BCUT2D eigenvalue weighted by atomic mass is 10.3. The number of hydrogen-bond acceptors (Lipinski definition) is 3. The summed E-state index contributed by atoms with van der Waals surface area (Å²) in [4.78, 5) is 11.9. The molecule has 3 heterocycles. The van der Waals surface area contributed by atoms with Crippen molar-refractivity contribution < 1.29 is 0 Å². The molecule has 0 atom stereocenters. The minimum atomic E-state index is 0.642. The first-order chi connectivity index (χ1) is 7.83. The third kappa shape index (κ3) is 1.46. The summed E-state index contributed by atoms with van der Waals surface area (Å²) in [7, 11) is 0. The number of aromatic nitrogens is 5. The van der Waals surface area contributed by atoms with Gasteiger partial charge in [0.25, 0.3) is 0 Å². The van der Waals surface area contributed by atoms with E-state index in [9.17, 15) is 0 Å². The Morgan fingerprint density at radius 3 is 3.06 bits per heavy atom. The maximum atomic E-state index is 4.42. The van der Waals surface area contributed by atoms with Crippen molar-refractivity contribution in [3.8, 4) is 0 Å². The minimum absolute atomic E-state index is 0.642. The molecule has 0 unspecified atom stereocenters. The molecule has 0 fully saturated rings. The van der Waals surface area contributed by atoms with E-state index in [1.54, 1.807) is 12.4 Å². The van der Waals surface area contributed by atoms with E-state index in [2.05, 4.69) is 20.1 Å². The van der Waals surface area contributed by atoms with Crippen LogP contribution in [0.2, 0.25) is 0 Å². The number of fused-ring (bicyclic) bond motifs is 1. The second-order valence-electron chi connectivity index (χ2n) is 3.71. The summed E-state index contributed by atoms with van der Waals surface area (Å²) in [5.41, 5.74) is 2.93. The Kier molecular flexibility index (Phi) is 1.96. The zero-order valence-electron chi connectivity index (χ0n) is 8.88. The third-order valence-corrected chi connectivity index (χ3v) is 2.52. The van der Waals surface area contributed by atoms with Gasteiger partial charge < -0.3 is 4.98 Å². The van der Waals surface area contributed by atoms with Gasteiger partial charge >= 0.3 is 0 Å². The summed E-state index contributed by atoms with van der Waals surface area (Å²) in [5, 5.41) is 4.14. The Labute approximate surface area is 92.2 Å². The molecule has 0 aliphatic heterocycles. The van der Waals surface area contributed by atoms with Crippen LogP contribution in [0.3, 0.4) is 0 Å². The summed E-state index contributed by atoms with van der Waals surface area (Å²) in [5.74, 6) is 0.875. The van der Waals surface area contributed by atoms with Gasteiger partial charge in [-0.1, -0.05) is 0 Å². The number of imidazole rings is 1. The van der Waals surface area contributed by atoms with Crippen molar-refractivity contribution in [1.82, 2.24) is 24.7 Å². The molecule has 3 aromatic heterocycles. The van der Waals surface area contributed by atoms with Gasteiger partial charge in [0.05, 0.1) is 12.1 Å². The molecule has 0 aliphatic carbocycles. The molecule has 0 radical (unpaired) electrons. The molecule has 0 amide bonds. The number of nitrogens with zero attached hydrogens (tertiary/aromatic N) is 4. The summed E-state index contributed by atoms with van der Waals surface area (Å²) in [6.45, 7) is 2.68. The first kappa shape index (κ1) is 9.08. The lowest BCUT2D eigenvalue weighted by molar-refractivity contribution is 0.663. The van der Waals surface area contributed by atoms with E-state index >= 15 is 0 Å². The van der Waals surface area contributed by atoms with Crippen LogP contribution in [0.15, 0.2) is 30.7 Å². The van der Waals surface area contributed by atoms with Gasteiger partial charge in [-0.3, -0.25) is 4.68 Å². The van der Waals surface area contributed by atoms with Crippen LogP contribution < -0.4 is 0 Å². The molecular formula is C11H11N5. The summed E-state index contributed by atoms with van der Waals surface area (Å²) in [6, 6.07) is 3.87. The lowest BCUT2D eigenvalue weighted by Crippen LogP contribution is -2.01. The number of hydrogen-bond donors (Lipinski definition) is 1. The molecule has 0 bridgehead atoms. The van der Waals surface area contributed by atoms with Crippen molar-refractivity contribution in [2.75, 3.05) is 0 Å². The topological polar surface area (TPSA) is 59.4 Å². The molecule has 0 spiro atoms. The summed E-state index contributed by atoms with van der Waals surface area (Å²) < 4.78 is 1.83. The van der Waals surface area contributed by atoms with E-state index in [0.717, 1.165) is 22.6 Å². The van der Waals surface area contributed by atoms with Crippen LogP contribution in [-0.2, 0) is 6.54 Å². The number of rotatable bonds is 2. The highest BCUT2D eigenvalue weighted by atomic mass is 15.3. The van der Waals surface area contributed by atoms with Crippen LogP contribution in [0.4, 0.5) is 0 Å². The quantitative estimate of drug-likeness (QED) is 0.702. The van der Waals surface area contributed by atoms with Gasteiger partial charge in [0.15, 0.2) is 5.65 Å². The average molecular weight is 213 g/mol. The molecule has 0 aromatic carbocycles. The smallest absolute Gasteiger partial charge is 0.178 e. The van der Waals surface area contributed by atoms with E-state index in [1.165, 1.54) is 0 Å². The van der Waals surface area contributed by atoms with E-state index in [4.69, 9.17) is 0 Å². The average Bonchev–Trinajstić information content (AvgIpc) is 2.88. The van der Waals surface area contributed by atoms with Crippen molar-refractivity contribution in [2.45, 2.75) is 13.5 Å². The normalized spacial score (nSPS) is 11.1. The fraction of sp³-hybridized carbons (Fsp3) is 0.182. The van der Waals surface area contributed by atoms with Crippen molar-refractivity contribution in [2.24, 2.45) is 0 Å². The molecular weight excluding hydrogens is 202 g/mol. The Morgan fingerprint density at radius 1 is 1.38 bits per heavy atom. The van der Waals surface area contributed by atoms with Gasteiger partial charge in [-0.15, -0.1) is 0 Å². The van der Waals surface area contributed by atoms with Crippen LogP contribution in [0, 0.1) is 6.92 Å². The SMILES string of the molecule is Cc1ccnc2nc(Cn3cccn3)[nH]c12. The molecule has 0 aliphatic rings. The van der Waals surface area contributed by atoms with Gasteiger partial charge in [0.1, 0.15) is 5.82 Å². The Bertz CT molecular complexity index is 608. The molecule has 0 saturated heterocycles. The van der Waals surface area contributed by atoms with Crippen molar-refractivity contribution >= 4 is 11.2 Å². The molecule has 5 nitrogen and oxygen atoms in total. The van der Waals surface area contributed by atoms with Gasteiger partial charge in [0, 0.05) is 18.6 Å². The number of nitrogens with one attached hydrogen (secondary N) is 1. The van der Waals surface area contributed by atoms with Crippen LogP contribution in [-0.4, -0.2) is 24.7 Å². The molecule has 5 heteroatoms. The van der Waals surface area contributed by atoms with Crippen LogP contribution in [0.25, 0.3) is 11.2 Å². The second kappa shape index (κ2) is 3.44. The number of aromatic amines is 1. The van der Waals surface area contributed by atoms with E-state index in [1.807, 2.05) is 29.9 Å².